The fourth-order valence-corrected chi connectivity index (χ4v) is 9.02. The van der Waals surface area contributed by atoms with Gasteiger partial charge in [0.15, 0.2) is 0 Å². The highest BCUT2D eigenvalue weighted by Gasteiger charge is 2.54. The molecule has 3 aromatic rings. The molecule has 0 bridgehead atoms. The maximum absolute atomic E-state index is 14.8. The second-order valence-corrected chi connectivity index (χ2v) is 13.1. The first-order valence-corrected chi connectivity index (χ1v) is 19.3. The Morgan fingerprint density at radius 3 is 0.811 bits per heavy atom. The predicted octanol–water partition coefficient (Wildman–Crippen LogP) is 9.58. The van der Waals surface area contributed by atoms with Gasteiger partial charge in [0.1, 0.15) is 66.4 Å². The summed E-state index contributed by atoms with van der Waals surface area (Å²) in [6.45, 7) is 16.6. The van der Waals surface area contributed by atoms with E-state index < -0.39 is 22.5 Å². The molecule has 0 spiro atoms. The van der Waals surface area contributed by atoms with Crippen LogP contribution in [0.3, 0.4) is 0 Å². The first kappa shape index (κ1) is 42.9. The van der Waals surface area contributed by atoms with Gasteiger partial charge in [-0.3, -0.25) is 0 Å². The molecule has 3 aromatic carbocycles. The highest BCUT2D eigenvalue weighted by Crippen LogP contribution is 2.81. The van der Waals surface area contributed by atoms with Gasteiger partial charge in [0.05, 0.1) is 59.5 Å². The van der Waals surface area contributed by atoms with Crippen LogP contribution in [-0.2, 0) is 8.98 Å². The van der Waals surface area contributed by atoms with E-state index in [-0.39, 0.29) is 109 Å². The summed E-state index contributed by atoms with van der Waals surface area (Å²) in [7, 11) is -4.21. The molecule has 0 aliphatic heterocycles. The minimum Gasteiger partial charge on any atom is -0.494 e. The third-order valence-electron chi connectivity index (χ3n) is 7.01. The fourth-order valence-electron chi connectivity index (χ4n) is 5.43. The lowest BCUT2D eigenvalue weighted by molar-refractivity contribution is -0.188. The van der Waals surface area contributed by atoms with Gasteiger partial charge in [-0.1, -0.05) is 0 Å². The highest BCUT2D eigenvalue weighted by molar-refractivity contribution is 8.30. The molecule has 0 aliphatic carbocycles. The van der Waals surface area contributed by atoms with E-state index in [0.717, 1.165) is 0 Å². The molecule has 15 heteroatoms. The van der Waals surface area contributed by atoms with Crippen LogP contribution in [0.15, 0.2) is 51.1 Å². The van der Waals surface area contributed by atoms with Crippen LogP contribution in [0.25, 0.3) is 0 Å². The molecule has 0 unspecified atom stereocenters. The summed E-state index contributed by atoms with van der Waals surface area (Å²) >= 11 is 0. The van der Waals surface area contributed by atoms with Crippen molar-refractivity contribution >= 4 is 16.3 Å². The Balaban J connectivity index is 2.96. The number of alkyl halides is 3. The molecule has 0 saturated heterocycles. The van der Waals surface area contributed by atoms with Crippen LogP contribution in [0.2, 0.25) is 0 Å². The molecule has 0 radical (unpaired) electrons. The number of benzene rings is 3. The quantitative estimate of drug-likeness (QED) is 0.0974. The SMILES string of the molecule is CCOc1cc(OCC)c(S(OC(=O)C(F)(F)F)(c2c(OCC)cc(OCC)cc2OCC)c2c(OCC)cc(OCC)cc2OCC)c(OCC)c1. The molecule has 3 rings (SSSR count). The Labute approximate surface area is 311 Å². The van der Waals surface area contributed by atoms with E-state index in [4.69, 9.17) is 46.8 Å². The van der Waals surface area contributed by atoms with Crippen molar-refractivity contribution in [3.8, 4) is 51.7 Å². The maximum atomic E-state index is 14.8. The fraction of sp³-hybridized carbons (Fsp3) is 0.500. The van der Waals surface area contributed by atoms with Crippen LogP contribution in [0, 0.1) is 0 Å². The van der Waals surface area contributed by atoms with E-state index >= 15 is 0 Å². The van der Waals surface area contributed by atoms with Gasteiger partial charge in [-0.2, -0.15) is 13.2 Å². The van der Waals surface area contributed by atoms with Gasteiger partial charge in [0.25, 0.3) is 0 Å². The molecular formula is C38H51F3O11S. The van der Waals surface area contributed by atoms with Crippen molar-refractivity contribution in [1.82, 2.24) is 0 Å². The number of carbonyl (C=O) groups excluding carboxylic acids is 1. The molecule has 0 fully saturated rings. The Bertz CT molecular complexity index is 1400. The molecule has 0 N–H and O–H groups in total. The molecule has 0 aromatic heterocycles. The number of halogens is 3. The van der Waals surface area contributed by atoms with Gasteiger partial charge in [0, 0.05) is 46.7 Å². The summed E-state index contributed by atoms with van der Waals surface area (Å²) in [5.74, 6) is -1.60. The Morgan fingerprint density at radius 1 is 0.434 bits per heavy atom. The molecule has 11 nitrogen and oxygen atoms in total. The highest BCUT2D eigenvalue weighted by atomic mass is 32.3. The van der Waals surface area contributed by atoms with Crippen LogP contribution in [0.1, 0.15) is 62.3 Å². The van der Waals surface area contributed by atoms with Crippen molar-refractivity contribution in [2.45, 2.75) is 83.2 Å². The second kappa shape index (κ2) is 20.1. The van der Waals surface area contributed by atoms with E-state index in [1.54, 1.807) is 62.3 Å². The Hall–Kier alpha value is -4.53. The zero-order valence-electron chi connectivity index (χ0n) is 31.9. The van der Waals surface area contributed by atoms with Crippen LogP contribution >= 0.6 is 10.3 Å². The molecule has 296 valence electrons. The average Bonchev–Trinajstić information content (AvgIpc) is 3.09. The summed E-state index contributed by atoms with van der Waals surface area (Å²) in [6.07, 6.45) is -5.48. The van der Waals surface area contributed by atoms with E-state index in [2.05, 4.69) is 0 Å². The van der Waals surface area contributed by atoms with Gasteiger partial charge in [-0.25, -0.2) is 4.79 Å². The van der Waals surface area contributed by atoms with Crippen LogP contribution < -0.4 is 42.6 Å². The van der Waals surface area contributed by atoms with Crippen molar-refractivity contribution in [3.05, 3.63) is 36.4 Å². The van der Waals surface area contributed by atoms with E-state index in [0.29, 0.717) is 17.2 Å². The van der Waals surface area contributed by atoms with Crippen molar-refractivity contribution in [2.24, 2.45) is 0 Å². The third kappa shape index (κ3) is 9.92. The largest absolute Gasteiger partial charge is 0.494 e. The smallest absolute Gasteiger partial charge is 0.491 e. The Kier molecular flexibility index (Phi) is 16.2. The summed E-state index contributed by atoms with van der Waals surface area (Å²) in [4.78, 5) is 13.5. The summed E-state index contributed by atoms with van der Waals surface area (Å²) < 4.78 is 105. The Morgan fingerprint density at radius 2 is 0.642 bits per heavy atom. The number of rotatable bonds is 22. The van der Waals surface area contributed by atoms with Crippen molar-refractivity contribution in [1.29, 1.82) is 0 Å². The third-order valence-corrected chi connectivity index (χ3v) is 10.3. The predicted molar refractivity (Wildman–Crippen MR) is 194 cm³/mol. The van der Waals surface area contributed by atoms with Crippen LogP contribution in [0.4, 0.5) is 13.2 Å². The number of hydrogen-bond acceptors (Lipinski definition) is 11. The van der Waals surface area contributed by atoms with Gasteiger partial charge in [-0.05, 0) is 62.3 Å². The second-order valence-electron chi connectivity index (χ2n) is 10.6. The molecule has 53 heavy (non-hydrogen) atoms. The number of ether oxygens (including phenoxy) is 9. The van der Waals surface area contributed by atoms with E-state index in [9.17, 15) is 18.0 Å². The van der Waals surface area contributed by atoms with Crippen LogP contribution in [-0.4, -0.2) is 71.6 Å². The lowest BCUT2D eigenvalue weighted by atomic mass is 10.3. The average molecular weight is 773 g/mol. The summed E-state index contributed by atoms with van der Waals surface area (Å²) in [5, 5.41) is 0. The number of carbonyl (C=O) groups is 1. The van der Waals surface area contributed by atoms with E-state index in [1.807, 2.05) is 0 Å². The van der Waals surface area contributed by atoms with E-state index in [1.165, 1.54) is 36.4 Å². The van der Waals surface area contributed by atoms with Crippen molar-refractivity contribution in [3.63, 3.8) is 0 Å². The molecule has 0 amide bonds. The van der Waals surface area contributed by atoms with Gasteiger partial charge >= 0.3 is 12.1 Å². The zero-order valence-corrected chi connectivity index (χ0v) is 32.7. The normalized spacial score (nSPS) is 11.7. The lowest BCUT2D eigenvalue weighted by Gasteiger charge is -2.43. The molecule has 0 aliphatic rings. The summed E-state index contributed by atoms with van der Waals surface area (Å²) in [5.41, 5.74) is 0. The standard InChI is InChI=1S/C38H51F3O11S/c1-10-43-25-19-28(46-13-4)34(29(20-25)47-14-5)53(52-37(42)38(39,40)41,35-30(48-15-6)21-26(44-11-2)22-31(35)49-16-7)36-32(50-17-8)23-27(45-12-3)24-33(36)51-18-9/h19-24H,10-18H2,1-9H3. The van der Waals surface area contributed by atoms with Crippen LogP contribution in [0.5, 0.6) is 51.7 Å². The van der Waals surface area contributed by atoms with Crippen molar-refractivity contribution in [2.75, 3.05) is 59.5 Å². The minimum absolute atomic E-state index is 0.00411. The first-order chi connectivity index (χ1) is 25.4. The van der Waals surface area contributed by atoms with Gasteiger partial charge in [0.2, 0.25) is 0 Å². The van der Waals surface area contributed by atoms with Crippen molar-refractivity contribution < 1.29 is 64.8 Å². The summed E-state index contributed by atoms with van der Waals surface area (Å²) in [6, 6.07) is 9.07. The molecule has 0 saturated carbocycles. The van der Waals surface area contributed by atoms with Gasteiger partial charge in [-0.15, -0.1) is 0 Å². The first-order valence-electron chi connectivity index (χ1n) is 17.8. The van der Waals surface area contributed by atoms with Gasteiger partial charge < -0.3 is 46.8 Å². The minimum atomic E-state index is -5.48. The maximum Gasteiger partial charge on any atom is 0.491 e. The number of hydrogen-bond donors (Lipinski definition) is 0. The zero-order chi connectivity index (χ0) is 39.2. The lowest BCUT2D eigenvalue weighted by Crippen LogP contribution is -2.28. The monoisotopic (exact) mass is 772 g/mol. The topological polar surface area (TPSA) is 109 Å². The molecule has 0 heterocycles. The molecular weight excluding hydrogens is 721 g/mol. The molecule has 0 atom stereocenters.